The Balaban J connectivity index is 1.86. The van der Waals surface area contributed by atoms with E-state index in [1.807, 2.05) is 26.0 Å². The van der Waals surface area contributed by atoms with E-state index in [2.05, 4.69) is 22.4 Å². The van der Waals surface area contributed by atoms with Crippen molar-refractivity contribution in [3.05, 3.63) is 53.2 Å². The second kappa shape index (κ2) is 6.58. The van der Waals surface area contributed by atoms with Crippen LogP contribution in [0.1, 0.15) is 16.7 Å². The molecule has 0 aliphatic heterocycles. The van der Waals surface area contributed by atoms with Crippen LogP contribution in [0.15, 0.2) is 36.5 Å². The summed E-state index contributed by atoms with van der Waals surface area (Å²) >= 11 is 0. The molecule has 4 heteroatoms. The van der Waals surface area contributed by atoms with E-state index in [0.29, 0.717) is 24.5 Å². The fourth-order valence-electron chi connectivity index (χ4n) is 1.99. The Hall–Kier alpha value is -2.54. The van der Waals surface area contributed by atoms with Crippen molar-refractivity contribution < 1.29 is 4.74 Å². The van der Waals surface area contributed by atoms with Gasteiger partial charge in [-0.3, -0.25) is 0 Å². The number of rotatable bonds is 5. The van der Waals surface area contributed by atoms with E-state index in [1.165, 1.54) is 11.1 Å². The molecule has 0 bridgehead atoms. The minimum atomic E-state index is 0.518. The lowest BCUT2D eigenvalue weighted by molar-refractivity contribution is 0.332. The Bertz CT molecular complexity index is 612. The molecule has 4 nitrogen and oxygen atoms in total. The molecule has 2 rings (SSSR count). The molecule has 0 aliphatic carbocycles. The number of benzene rings is 1. The van der Waals surface area contributed by atoms with Crippen LogP contribution in [0.4, 0.5) is 5.82 Å². The van der Waals surface area contributed by atoms with E-state index in [0.717, 1.165) is 5.75 Å². The highest BCUT2D eigenvalue weighted by Gasteiger charge is 2.01. The Morgan fingerprint density at radius 3 is 2.70 bits per heavy atom. The summed E-state index contributed by atoms with van der Waals surface area (Å²) in [4.78, 5) is 4.13. The van der Waals surface area contributed by atoms with Gasteiger partial charge in [-0.1, -0.05) is 6.07 Å². The zero-order valence-electron chi connectivity index (χ0n) is 11.7. The van der Waals surface area contributed by atoms with Gasteiger partial charge in [0, 0.05) is 6.20 Å². The fourth-order valence-corrected chi connectivity index (χ4v) is 1.99. The van der Waals surface area contributed by atoms with Gasteiger partial charge in [0.1, 0.15) is 24.2 Å². The third-order valence-electron chi connectivity index (χ3n) is 2.79. The molecule has 0 radical (unpaired) electrons. The van der Waals surface area contributed by atoms with Gasteiger partial charge in [-0.15, -0.1) is 0 Å². The Morgan fingerprint density at radius 2 is 2.00 bits per heavy atom. The van der Waals surface area contributed by atoms with Crippen molar-refractivity contribution in [3.63, 3.8) is 0 Å². The molecule has 0 saturated heterocycles. The molecule has 1 aromatic heterocycles. The SMILES string of the molecule is Cc1cc(C)cc(OCCNc2ncccc2C#N)c1. The van der Waals surface area contributed by atoms with Crippen molar-refractivity contribution in [2.24, 2.45) is 0 Å². The summed E-state index contributed by atoms with van der Waals surface area (Å²) in [5.74, 6) is 1.46. The van der Waals surface area contributed by atoms with Crippen molar-refractivity contribution in [1.82, 2.24) is 4.98 Å². The summed E-state index contributed by atoms with van der Waals surface area (Å²) in [5, 5.41) is 12.1. The highest BCUT2D eigenvalue weighted by Crippen LogP contribution is 2.16. The van der Waals surface area contributed by atoms with Crippen LogP contribution in [0.3, 0.4) is 0 Å². The van der Waals surface area contributed by atoms with Crippen LogP contribution in [-0.2, 0) is 0 Å². The first-order chi connectivity index (χ1) is 9.69. The van der Waals surface area contributed by atoms with Crippen LogP contribution < -0.4 is 10.1 Å². The van der Waals surface area contributed by atoms with Crippen molar-refractivity contribution in [2.75, 3.05) is 18.5 Å². The second-order valence-electron chi connectivity index (χ2n) is 4.61. The minimum absolute atomic E-state index is 0.518. The van der Waals surface area contributed by atoms with E-state index < -0.39 is 0 Å². The van der Waals surface area contributed by atoms with Gasteiger partial charge < -0.3 is 10.1 Å². The van der Waals surface area contributed by atoms with Gasteiger partial charge in [0.25, 0.3) is 0 Å². The molecule has 20 heavy (non-hydrogen) atoms. The zero-order chi connectivity index (χ0) is 14.4. The summed E-state index contributed by atoms with van der Waals surface area (Å²) in [7, 11) is 0. The van der Waals surface area contributed by atoms with Gasteiger partial charge in [0.05, 0.1) is 12.1 Å². The van der Waals surface area contributed by atoms with E-state index in [1.54, 1.807) is 18.3 Å². The second-order valence-corrected chi connectivity index (χ2v) is 4.61. The predicted octanol–water partition coefficient (Wildman–Crippen LogP) is 3.06. The summed E-state index contributed by atoms with van der Waals surface area (Å²) < 4.78 is 5.69. The predicted molar refractivity (Wildman–Crippen MR) is 78.9 cm³/mol. The first kappa shape index (κ1) is 13.9. The zero-order valence-corrected chi connectivity index (χ0v) is 11.7. The molecule has 0 saturated carbocycles. The number of ether oxygens (including phenoxy) is 1. The molecule has 1 aromatic carbocycles. The molecule has 0 unspecified atom stereocenters. The number of nitriles is 1. The van der Waals surface area contributed by atoms with E-state index in [4.69, 9.17) is 10.00 Å². The molecule has 1 N–H and O–H groups in total. The number of hydrogen-bond donors (Lipinski definition) is 1. The average molecular weight is 267 g/mol. The molecule has 2 aromatic rings. The maximum Gasteiger partial charge on any atom is 0.144 e. The molecule has 0 spiro atoms. The smallest absolute Gasteiger partial charge is 0.144 e. The van der Waals surface area contributed by atoms with Gasteiger partial charge >= 0.3 is 0 Å². The molecule has 0 amide bonds. The van der Waals surface area contributed by atoms with Crippen molar-refractivity contribution in [1.29, 1.82) is 5.26 Å². The number of hydrogen-bond acceptors (Lipinski definition) is 4. The largest absolute Gasteiger partial charge is 0.492 e. The Kier molecular flexibility index (Phi) is 4.56. The summed E-state index contributed by atoms with van der Waals surface area (Å²) in [5.41, 5.74) is 2.91. The first-order valence-electron chi connectivity index (χ1n) is 6.49. The van der Waals surface area contributed by atoms with Gasteiger partial charge in [0.2, 0.25) is 0 Å². The number of nitrogens with one attached hydrogen (secondary N) is 1. The summed E-state index contributed by atoms with van der Waals surface area (Å²) in [6.07, 6.45) is 1.66. The topological polar surface area (TPSA) is 57.9 Å². The van der Waals surface area contributed by atoms with Crippen LogP contribution in [0.2, 0.25) is 0 Å². The number of nitrogens with zero attached hydrogens (tertiary/aromatic N) is 2. The standard InChI is InChI=1S/C16H17N3O/c1-12-8-13(2)10-15(9-12)20-7-6-19-16-14(11-17)4-3-5-18-16/h3-5,8-10H,6-7H2,1-2H3,(H,18,19). The number of pyridine rings is 1. The third kappa shape index (κ3) is 3.72. The van der Waals surface area contributed by atoms with Crippen LogP contribution >= 0.6 is 0 Å². The fraction of sp³-hybridized carbons (Fsp3) is 0.250. The van der Waals surface area contributed by atoms with E-state index in [9.17, 15) is 0 Å². The van der Waals surface area contributed by atoms with E-state index >= 15 is 0 Å². The lowest BCUT2D eigenvalue weighted by Gasteiger charge is -2.10. The van der Waals surface area contributed by atoms with Gasteiger partial charge in [-0.05, 0) is 49.2 Å². The molecular formula is C16H17N3O. The molecule has 0 fully saturated rings. The van der Waals surface area contributed by atoms with Crippen molar-refractivity contribution in [2.45, 2.75) is 13.8 Å². The monoisotopic (exact) mass is 267 g/mol. The molecule has 1 heterocycles. The van der Waals surface area contributed by atoms with Crippen LogP contribution in [0.25, 0.3) is 0 Å². The number of aryl methyl sites for hydroxylation is 2. The first-order valence-corrected chi connectivity index (χ1v) is 6.49. The van der Waals surface area contributed by atoms with Crippen LogP contribution in [0, 0.1) is 25.2 Å². The average Bonchev–Trinajstić information content (AvgIpc) is 2.43. The number of aromatic nitrogens is 1. The minimum Gasteiger partial charge on any atom is -0.492 e. The van der Waals surface area contributed by atoms with E-state index in [-0.39, 0.29) is 0 Å². The Labute approximate surface area is 119 Å². The lowest BCUT2D eigenvalue weighted by atomic mass is 10.1. The lowest BCUT2D eigenvalue weighted by Crippen LogP contribution is -2.13. The summed E-state index contributed by atoms with van der Waals surface area (Å²) in [6.45, 7) is 5.21. The normalized spacial score (nSPS) is 9.85. The highest BCUT2D eigenvalue weighted by atomic mass is 16.5. The van der Waals surface area contributed by atoms with Gasteiger partial charge in [0.15, 0.2) is 0 Å². The summed E-state index contributed by atoms with van der Waals surface area (Å²) in [6, 6.07) is 11.7. The van der Waals surface area contributed by atoms with Gasteiger partial charge in [-0.25, -0.2) is 4.98 Å². The van der Waals surface area contributed by atoms with Gasteiger partial charge in [-0.2, -0.15) is 5.26 Å². The maximum atomic E-state index is 8.95. The molecule has 102 valence electrons. The quantitative estimate of drug-likeness (QED) is 0.846. The maximum absolute atomic E-state index is 8.95. The highest BCUT2D eigenvalue weighted by molar-refractivity contribution is 5.51. The number of anilines is 1. The Morgan fingerprint density at radius 1 is 1.25 bits per heavy atom. The third-order valence-corrected chi connectivity index (χ3v) is 2.79. The van der Waals surface area contributed by atoms with Crippen molar-refractivity contribution in [3.8, 4) is 11.8 Å². The molecular weight excluding hydrogens is 250 g/mol. The molecule has 0 aliphatic rings. The molecule has 0 atom stereocenters. The van der Waals surface area contributed by atoms with Crippen LogP contribution in [0.5, 0.6) is 5.75 Å². The van der Waals surface area contributed by atoms with Crippen molar-refractivity contribution >= 4 is 5.82 Å². The van der Waals surface area contributed by atoms with Crippen LogP contribution in [-0.4, -0.2) is 18.1 Å².